The van der Waals surface area contributed by atoms with Crippen LogP contribution in [0, 0.1) is 0 Å². The standard InChI is InChI=1S/C5H10N2O3.C4H11NO2/c6-3(5(9)10)1-2-4(7)8;6-3-1-5-2-4-7/h3H,1-2,6H2,(H2,7,8)(H,9,10);5-7H,1-4H2/t3-;/m0./s1. The second kappa shape index (κ2) is 12.8. The lowest BCUT2D eigenvalue weighted by molar-refractivity contribution is -0.138. The van der Waals surface area contributed by atoms with Gasteiger partial charge in [-0.05, 0) is 6.42 Å². The molecule has 8 N–H and O–H groups in total. The van der Waals surface area contributed by atoms with Crippen molar-refractivity contribution >= 4 is 11.9 Å². The SMILES string of the molecule is NC(=O)CC[C@H](N)C(=O)O.OCCNCCO. The van der Waals surface area contributed by atoms with E-state index in [1.165, 1.54) is 0 Å². The van der Waals surface area contributed by atoms with Gasteiger partial charge in [0.25, 0.3) is 0 Å². The molecular formula is C9H21N3O5. The molecule has 0 aliphatic rings. The van der Waals surface area contributed by atoms with Crippen molar-refractivity contribution in [1.29, 1.82) is 0 Å². The predicted octanol–water partition coefficient (Wildman–Crippen LogP) is -2.78. The van der Waals surface area contributed by atoms with Crippen LogP contribution < -0.4 is 16.8 Å². The predicted molar refractivity (Wildman–Crippen MR) is 61.1 cm³/mol. The van der Waals surface area contributed by atoms with E-state index in [4.69, 9.17) is 26.8 Å². The van der Waals surface area contributed by atoms with E-state index in [-0.39, 0.29) is 26.1 Å². The zero-order valence-electron chi connectivity index (χ0n) is 9.63. The second-order valence-electron chi connectivity index (χ2n) is 3.15. The molecule has 0 unspecified atom stereocenters. The van der Waals surface area contributed by atoms with Crippen LogP contribution in [0.15, 0.2) is 0 Å². The van der Waals surface area contributed by atoms with Crippen LogP contribution in [0.25, 0.3) is 0 Å². The van der Waals surface area contributed by atoms with Crippen LogP contribution in [0.2, 0.25) is 0 Å². The molecule has 8 heteroatoms. The summed E-state index contributed by atoms with van der Waals surface area (Å²) in [6.07, 6.45) is 0.123. The number of aliphatic carboxylic acids is 1. The number of hydrogen-bond donors (Lipinski definition) is 6. The molecule has 1 atom stereocenters. The molecule has 0 aromatic rings. The van der Waals surface area contributed by atoms with Crippen LogP contribution in [0.5, 0.6) is 0 Å². The van der Waals surface area contributed by atoms with Crippen molar-refractivity contribution in [2.75, 3.05) is 26.3 Å². The number of nitrogens with two attached hydrogens (primary N) is 2. The van der Waals surface area contributed by atoms with E-state index < -0.39 is 17.9 Å². The average Bonchev–Trinajstić information content (AvgIpc) is 2.27. The van der Waals surface area contributed by atoms with E-state index in [1.54, 1.807) is 0 Å². The van der Waals surface area contributed by atoms with Gasteiger partial charge >= 0.3 is 5.97 Å². The first-order valence-electron chi connectivity index (χ1n) is 5.14. The van der Waals surface area contributed by atoms with Crippen LogP contribution >= 0.6 is 0 Å². The minimum absolute atomic E-state index is 0.0213. The fraction of sp³-hybridized carbons (Fsp3) is 0.778. The van der Waals surface area contributed by atoms with Crippen LogP contribution in [0.3, 0.4) is 0 Å². The third-order valence-corrected chi connectivity index (χ3v) is 1.60. The Morgan fingerprint density at radius 2 is 1.65 bits per heavy atom. The molecule has 0 bridgehead atoms. The third kappa shape index (κ3) is 17.4. The molecule has 0 saturated heterocycles. The summed E-state index contributed by atoms with van der Waals surface area (Å²) >= 11 is 0. The number of nitrogens with one attached hydrogen (secondary N) is 1. The van der Waals surface area contributed by atoms with Crippen molar-refractivity contribution in [3.8, 4) is 0 Å². The molecule has 0 aromatic carbocycles. The number of carboxylic acids is 1. The van der Waals surface area contributed by atoms with Gasteiger partial charge in [0.2, 0.25) is 5.91 Å². The lowest BCUT2D eigenvalue weighted by Crippen LogP contribution is -2.31. The Labute approximate surface area is 99.6 Å². The van der Waals surface area contributed by atoms with Crippen molar-refractivity contribution in [1.82, 2.24) is 5.32 Å². The molecule has 0 aromatic heterocycles. The minimum Gasteiger partial charge on any atom is -0.480 e. The number of hydrogen-bond acceptors (Lipinski definition) is 6. The number of aliphatic hydroxyl groups excluding tert-OH is 2. The van der Waals surface area contributed by atoms with Crippen LogP contribution in [0.4, 0.5) is 0 Å². The Hall–Kier alpha value is -1.22. The first-order valence-corrected chi connectivity index (χ1v) is 5.14. The van der Waals surface area contributed by atoms with Crippen LogP contribution in [-0.2, 0) is 9.59 Å². The lowest BCUT2D eigenvalue weighted by Gasteiger charge is -2.01. The highest BCUT2D eigenvalue weighted by atomic mass is 16.4. The maximum Gasteiger partial charge on any atom is 0.320 e. The van der Waals surface area contributed by atoms with Gasteiger partial charge in [0.15, 0.2) is 0 Å². The quantitative estimate of drug-likeness (QED) is 0.254. The van der Waals surface area contributed by atoms with Crippen LogP contribution in [-0.4, -0.2) is 59.5 Å². The van der Waals surface area contributed by atoms with E-state index in [0.717, 1.165) is 0 Å². The second-order valence-corrected chi connectivity index (χ2v) is 3.15. The molecule has 8 nitrogen and oxygen atoms in total. The number of primary amides is 1. The van der Waals surface area contributed by atoms with Crippen molar-refractivity contribution in [3.05, 3.63) is 0 Å². The molecule has 102 valence electrons. The highest BCUT2D eigenvalue weighted by Gasteiger charge is 2.11. The number of carbonyl (C=O) groups is 2. The minimum atomic E-state index is -1.11. The summed E-state index contributed by atoms with van der Waals surface area (Å²) < 4.78 is 0. The zero-order chi connectivity index (χ0) is 13.7. The van der Waals surface area contributed by atoms with Crippen molar-refractivity contribution < 1.29 is 24.9 Å². The molecule has 0 fully saturated rings. The first-order chi connectivity index (χ1) is 7.95. The van der Waals surface area contributed by atoms with Gasteiger partial charge in [-0.3, -0.25) is 9.59 Å². The number of amides is 1. The third-order valence-electron chi connectivity index (χ3n) is 1.60. The zero-order valence-corrected chi connectivity index (χ0v) is 9.63. The summed E-state index contributed by atoms with van der Waals surface area (Å²) in [6, 6.07) is -0.979. The maximum absolute atomic E-state index is 10.1. The van der Waals surface area contributed by atoms with Crippen molar-refractivity contribution in [2.45, 2.75) is 18.9 Å². The molecule has 0 aliphatic heterocycles. The van der Waals surface area contributed by atoms with Crippen LogP contribution in [0.1, 0.15) is 12.8 Å². The number of rotatable bonds is 8. The molecular weight excluding hydrogens is 230 g/mol. The summed E-state index contributed by atoms with van der Waals surface area (Å²) in [5.74, 6) is -1.64. The Bertz CT molecular complexity index is 209. The fourth-order valence-electron chi connectivity index (χ4n) is 0.704. The molecule has 0 radical (unpaired) electrons. The Kier molecular flexibility index (Phi) is 13.7. The number of carboxylic acid groups (broad SMARTS) is 1. The molecule has 0 saturated carbocycles. The largest absolute Gasteiger partial charge is 0.480 e. The highest BCUT2D eigenvalue weighted by Crippen LogP contribution is 1.92. The topological polar surface area (TPSA) is 159 Å². The van der Waals surface area contributed by atoms with Gasteiger partial charge < -0.3 is 32.1 Å². The molecule has 0 aliphatic carbocycles. The Morgan fingerprint density at radius 3 is 1.94 bits per heavy atom. The summed E-state index contributed by atoms with van der Waals surface area (Å²) in [4.78, 5) is 20.1. The van der Waals surface area contributed by atoms with Crippen molar-refractivity contribution in [2.24, 2.45) is 11.5 Å². The van der Waals surface area contributed by atoms with E-state index in [1.807, 2.05) is 0 Å². The molecule has 0 spiro atoms. The fourth-order valence-corrected chi connectivity index (χ4v) is 0.704. The Balaban J connectivity index is 0. The summed E-state index contributed by atoms with van der Waals surface area (Å²) in [5, 5.41) is 27.3. The summed E-state index contributed by atoms with van der Waals surface area (Å²) in [6.45, 7) is 1.42. The van der Waals surface area contributed by atoms with Gasteiger partial charge in [0.05, 0.1) is 13.2 Å². The summed E-state index contributed by atoms with van der Waals surface area (Å²) in [5.41, 5.74) is 9.81. The van der Waals surface area contributed by atoms with Gasteiger partial charge in [-0.15, -0.1) is 0 Å². The number of carbonyl (C=O) groups excluding carboxylic acids is 1. The molecule has 0 rings (SSSR count). The van der Waals surface area contributed by atoms with Gasteiger partial charge in [-0.1, -0.05) is 0 Å². The van der Waals surface area contributed by atoms with Crippen molar-refractivity contribution in [3.63, 3.8) is 0 Å². The molecule has 1 amide bonds. The molecule has 0 heterocycles. The van der Waals surface area contributed by atoms with Gasteiger partial charge in [-0.25, -0.2) is 0 Å². The van der Waals surface area contributed by atoms with E-state index in [9.17, 15) is 9.59 Å². The van der Waals surface area contributed by atoms with Gasteiger partial charge in [-0.2, -0.15) is 0 Å². The molecule has 17 heavy (non-hydrogen) atoms. The number of aliphatic hydroxyl groups is 2. The summed E-state index contributed by atoms with van der Waals surface area (Å²) in [7, 11) is 0. The monoisotopic (exact) mass is 251 g/mol. The lowest BCUT2D eigenvalue weighted by atomic mass is 10.2. The van der Waals surface area contributed by atoms with E-state index in [2.05, 4.69) is 5.32 Å². The average molecular weight is 251 g/mol. The smallest absolute Gasteiger partial charge is 0.320 e. The van der Waals surface area contributed by atoms with E-state index >= 15 is 0 Å². The Morgan fingerprint density at radius 1 is 1.18 bits per heavy atom. The maximum atomic E-state index is 10.1. The normalized spacial score (nSPS) is 11.2. The first kappa shape index (κ1) is 18.2. The van der Waals surface area contributed by atoms with E-state index in [0.29, 0.717) is 13.1 Å². The van der Waals surface area contributed by atoms with Gasteiger partial charge in [0, 0.05) is 19.5 Å². The highest BCUT2D eigenvalue weighted by molar-refractivity contribution is 5.76. The van der Waals surface area contributed by atoms with Gasteiger partial charge in [0.1, 0.15) is 6.04 Å².